The van der Waals surface area contributed by atoms with E-state index in [2.05, 4.69) is 3.53 Å². The van der Waals surface area contributed by atoms with Crippen LogP contribution in [-0.2, 0) is 19.0 Å². The molecule has 0 saturated carbocycles. The molecule has 0 bridgehead atoms. The molecule has 0 aromatic rings. The number of methoxy groups -OCH3 is 1. The van der Waals surface area contributed by atoms with Crippen LogP contribution in [-0.4, -0.2) is 46.1 Å². The molecule has 16 heavy (non-hydrogen) atoms. The van der Waals surface area contributed by atoms with E-state index in [0.29, 0.717) is 13.2 Å². The van der Waals surface area contributed by atoms with Crippen LogP contribution in [0.3, 0.4) is 0 Å². The van der Waals surface area contributed by atoms with E-state index in [1.54, 1.807) is 30.0 Å². The average Bonchev–Trinajstić information content (AvgIpc) is 2.31. The minimum absolute atomic E-state index is 0.0974. The van der Waals surface area contributed by atoms with Crippen LogP contribution < -0.4 is 3.53 Å². The predicted octanol–water partition coefficient (Wildman–Crippen LogP) is 1.30. The second-order valence-electron chi connectivity index (χ2n) is 3.24. The normalized spacial score (nSPS) is 10.4. The number of hydrogen-bond donors (Lipinski definition) is 1. The van der Waals surface area contributed by atoms with Gasteiger partial charge in [-0.25, -0.2) is 0 Å². The maximum atomic E-state index is 10.8. The van der Waals surface area contributed by atoms with Crippen molar-refractivity contribution in [3.63, 3.8) is 0 Å². The molecule has 0 radical (unpaired) electrons. The lowest BCUT2D eigenvalue weighted by atomic mass is 10.2. The van der Waals surface area contributed by atoms with Gasteiger partial charge in [-0.15, -0.1) is 0 Å². The largest absolute Gasteiger partial charge is 0.385 e. The van der Waals surface area contributed by atoms with Crippen molar-refractivity contribution in [3.8, 4) is 0 Å². The lowest BCUT2D eigenvalue weighted by molar-refractivity contribution is -0.123. The maximum absolute atomic E-state index is 10.8. The standard InChI is InChI=1S/C10H20INO4/c1-14-5-3-2-4-6-15-7-8-16-9-10(13)12-11/h2-9H2,1H3,(H,12,13). The predicted molar refractivity (Wildman–Crippen MR) is 69.5 cm³/mol. The second kappa shape index (κ2) is 13.1. The lowest BCUT2D eigenvalue weighted by Crippen LogP contribution is -2.20. The van der Waals surface area contributed by atoms with E-state index in [0.717, 1.165) is 32.5 Å². The van der Waals surface area contributed by atoms with Crippen molar-refractivity contribution in [2.75, 3.05) is 40.1 Å². The third-order valence-corrected chi connectivity index (χ3v) is 2.45. The highest BCUT2D eigenvalue weighted by atomic mass is 127. The van der Waals surface area contributed by atoms with Crippen molar-refractivity contribution in [2.24, 2.45) is 0 Å². The topological polar surface area (TPSA) is 56.8 Å². The molecule has 0 aliphatic carbocycles. The van der Waals surface area contributed by atoms with Gasteiger partial charge in [-0.3, -0.25) is 8.32 Å². The van der Waals surface area contributed by atoms with Gasteiger partial charge in [-0.05, 0) is 19.3 Å². The van der Waals surface area contributed by atoms with E-state index in [1.807, 2.05) is 0 Å². The zero-order valence-electron chi connectivity index (χ0n) is 9.67. The van der Waals surface area contributed by atoms with Gasteiger partial charge >= 0.3 is 0 Å². The van der Waals surface area contributed by atoms with Gasteiger partial charge in [0.25, 0.3) is 5.91 Å². The first kappa shape index (κ1) is 16.1. The molecule has 0 aromatic heterocycles. The summed E-state index contributed by atoms with van der Waals surface area (Å²) in [7, 11) is 1.71. The van der Waals surface area contributed by atoms with Crippen LogP contribution >= 0.6 is 22.9 Å². The fourth-order valence-corrected chi connectivity index (χ4v) is 1.20. The monoisotopic (exact) mass is 345 g/mol. The first-order valence-electron chi connectivity index (χ1n) is 5.35. The quantitative estimate of drug-likeness (QED) is 0.348. The minimum Gasteiger partial charge on any atom is -0.385 e. The molecule has 0 aliphatic rings. The smallest absolute Gasteiger partial charge is 0.254 e. The number of amides is 1. The van der Waals surface area contributed by atoms with E-state index in [9.17, 15) is 4.79 Å². The first-order valence-corrected chi connectivity index (χ1v) is 6.43. The highest BCUT2D eigenvalue weighted by Gasteiger charge is 1.97. The molecule has 0 heterocycles. The van der Waals surface area contributed by atoms with Crippen LogP contribution in [0.15, 0.2) is 0 Å². The number of hydrogen-bond acceptors (Lipinski definition) is 4. The Labute approximate surface area is 111 Å². The number of unbranched alkanes of at least 4 members (excludes halogenated alkanes) is 2. The Morgan fingerprint density at radius 3 is 2.44 bits per heavy atom. The Morgan fingerprint density at radius 1 is 1.06 bits per heavy atom. The van der Waals surface area contributed by atoms with Gasteiger partial charge in [0.15, 0.2) is 0 Å². The van der Waals surface area contributed by atoms with E-state index >= 15 is 0 Å². The number of rotatable bonds is 11. The third-order valence-electron chi connectivity index (χ3n) is 1.85. The van der Waals surface area contributed by atoms with Gasteiger partial charge in [0.2, 0.25) is 0 Å². The van der Waals surface area contributed by atoms with Crippen molar-refractivity contribution in [3.05, 3.63) is 0 Å². The van der Waals surface area contributed by atoms with Crippen molar-refractivity contribution in [1.82, 2.24) is 3.53 Å². The third kappa shape index (κ3) is 12.2. The summed E-state index contributed by atoms with van der Waals surface area (Å²) in [5, 5.41) is 0. The second-order valence-corrected chi connectivity index (χ2v) is 3.78. The zero-order chi connectivity index (χ0) is 12.1. The van der Waals surface area contributed by atoms with Crippen molar-refractivity contribution >= 4 is 28.8 Å². The fraction of sp³-hybridized carbons (Fsp3) is 0.900. The molecule has 0 unspecified atom stereocenters. The number of carbonyl (C=O) groups excluding carboxylic acids is 1. The fourth-order valence-electron chi connectivity index (χ4n) is 1.04. The van der Waals surface area contributed by atoms with E-state index < -0.39 is 0 Å². The Bertz CT molecular complexity index is 169. The van der Waals surface area contributed by atoms with E-state index in [1.165, 1.54) is 0 Å². The number of halogens is 1. The van der Waals surface area contributed by atoms with Gasteiger partial charge in [0.05, 0.1) is 36.1 Å². The summed E-state index contributed by atoms with van der Waals surface area (Å²) < 4.78 is 17.8. The van der Waals surface area contributed by atoms with Gasteiger partial charge in [0.1, 0.15) is 6.61 Å². The average molecular weight is 345 g/mol. The molecule has 0 saturated heterocycles. The van der Waals surface area contributed by atoms with Crippen molar-refractivity contribution in [2.45, 2.75) is 19.3 Å². The summed E-state index contributed by atoms with van der Waals surface area (Å²) in [4.78, 5) is 10.8. The summed E-state index contributed by atoms with van der Waals surface area (Å²) in [5.41, 5.74) is 0. The Balaban J connectivity index is 2.96. The molecule has 96 valence electrons. The minimum atomic E-state index is -0.125. The summed E-state index contributed by atoms with van der Waals surface area (Å²) in [5.74, 6) is -0.125. The Morgan fingerprint density at radius 2 is 1.75 bits per heavy atom. The number of carbonyl (C=O) groups is 1. The molecule has 1 amide bonds. The van der Waals surface area contributed by atoms with Gasteiger partial charge in [-0.2, -0.15) is 0 Å². The molecule has 0 atom stereocenters. The molecule has 0 spiro atoms. The molecule has 0 fully saturated rings. The van der Waals surface area contributed by atoms with Gasteiger partial charge < -0.3 is 14.2 Å². The molecule has 5 nitrogen and oxygen atoms in total. The van der Waals surface area contributed by atoms with Crippen molar-refractivity contribution in [1.29, 1.82) is 0 Å². The van der Waals surface area contributed by atoms with Crippen LogP contribution in [0.4, 0.5) is 0 Å². The molecular weight excluding hydrogens is 325 g/mol. The molecule has 0 aliphatic heterocycles. The van der Waals surface area contributed by atoms with Crippen LogP contribution in [0.5, 0.6) is 0 Å². The number of ether oxygens (including phenoxy) is 3. The summed E-state index contributed by atoms with van der Waals surface area (Å²) in [6, 6.07) is 0. The van der Waals surface area contributed by atoms with Crippen LogP contribution in [0.1, 0.15) is 19.3 Å². The summed E-state index contributed by atoms with van der Waals surface area (Å²) >= 11 is 1.78. The van der Waals surface area contributed by atoms with Crippen molar-refractivity contribution < 1.29 is 19.0 Å². The lowest BCUT2D eigenvalue weighted by Gasteiger charge is -2.04. The first-order chi connectivity index (χ1) is 7.81. The zero-order valence-corrected chi connectivity index (χ0v) is 11.8. The maximum Gasteiger partial charge on any atom is 0.254 e. The van der Waals surface area contributed by atoms with Gasteiger partial charge in [0, 0.05) is 20.3 Å². The Hall–Kier alpha value is 0.0800. The Kier molecular flexibility index (Phi) is 13.2. The molecule has 0 rings (SSSR count). The van der Waals surface area contributed by atoms with Crippen LogP contribution in [0.25, 0.3) is 0 Å². The van der Waals surface area contributed by atoms with E-state index in [-0.39, 0.29) is 12.5 Å². The SMILES string of the molecule is COCCCCCOCCOCC(=O)NI. The molecule has 6 heteroatoms. The summed E-state index contributed by atoms with van der Waals surface area (Å²) in [6.45, 7) is 2.65. The highest BCUT2D eigenvalue weighted by Crippen LogP contribution is 1.95. The van der Waals surface area contributed by atoms with E-state index in [4.69, 9.17) is 14.2 Å². The number of nitrogens with one attached hydrogen (secondary N) is 1. The van der Waals surface area contributed by atoms with Gasteiger partial charge in [-0.1, -0.05) is 0 Å². The highest BCUT2D eigenvalue weighted by molar-refractivity contribution is 14.1. The van der Waals surface area contributed by atoms with Crippen LogP contribution in [0.2, 0.25) is 0 Å². The van der Waals surface area contributed by atoms with Crippen LogP contribution in [0, 0.1) is 0 Å². The molecular formula is C10H20INO4. The summed E-state index contributed by atoms with van der Waals surface area (Å²) in [6.07, 6.45) is 3.23. The molecule has 0 aromatic carbocycles. The molecule has 1 N–H and O–H groups in total.